The minimum absolute atomic E-state index is 0.0290. The molecule has 24 heavy (non-hydrogen) atoms. The Kier molecular flexibility index (Phi) is 4.41. The van der Waals surface area contributed by atoms with Gasteiger partial charge in [0.2, 0.25) is 5.91 Å². The van der Waals surface area contributed by atoms with Crippen molar-refractivity contribution in [2.24, 2.45) is 0 Å². The van der Waals surface area contributed by atoms with Crippen molar-refractivity contribution in [2.45, 2.75) is 12.7 Å². The molecule has 0 unspecified atom stereocenters. The largest absolute Gasteiger partial charge is 0.417 e. The number of hydrogen-bond donors (Lipinski definition) is 0. The zero-order valence-electron chi connectivity index (χ0n) is 12.8. The summed E-state index contributed by atoms with van der Waals surface area (Å²) in [5.41, 5.74) is -0.765. The van der Waals surface area contributed by atoms with Crippen LogP contribution in [0.5, 0.6) is 0 Å². The third-order valence-electron chi connectivity index (χ3n) is 3.89. The number of nitrogens with zero attached hydrogens (tertiary/aromatic N) is 5. The van der Waals surface area contributed by atoms with Crippen LogP contribution in [0.15, 0.2) is 36.8 Å². The summed E-state index contributed by atoms with van der Waals surface area (Å²) in [6.07, 6.45) is -0.213. The minimum atomic E-state index is -4.39. The molecule has 0 bridgehead atoms. The van der Waals surface area contributed by atoms with Gasteiger partial charge >= 0.3 is 6.18 Å². The van der Waals surface area contributed by atoms with E-state index in [1.54, 1.807) is 28.0 Å². The molecule has 0 N–H and O–H groups in total. The highest BCUT2D eigenvalue weighted by Crippen LogP contribution is 2.29. The zero-order chi connectivity index (χ0) is 17.2. The van der Waals surface area contributed by atoms with Gasteiger partial charge in [-0.05, 0) is 18.2 Å². The third kappa shape index (κ3) is 3.66. The standard InChI is InChI=1S/C15H16F3N5O/c16-15(17,18)12-2-3-13(19-10-12)21-6-8-22(9-7-21)14(24)11-23-5-1-4-20-23/h1-5,10H,6-9,11H2. The van der Waals surface area contributed by atoms with Crippen molar-refractivity contribution in [2.75, 3.05) is 31.1 Å². The van der Waals surface area contributed by atoms with Gasteiger partial charge in [-0.1, -0.05) is 0 Å². The quantitative estimate of drug-likeness (QED) is 0.853. The minimum Gasteiger partial charge on any atom is -0.353 e. The molecule has 2 aromatic heterocycles. The van der Waals surface area contributed by atoms with Crippen molar-refractivity contribution in [1.29, 1.82) is 0 Å². The van der Waals surface area contributed by atoms with E-state index >= 15 is 0 Å². The summed E-state index contributed by atoms with van der Waals surface area (Å²) in [5, 5.41) is 4.00. The molecular formula is C15H16F3N5O. The highest BCUT2D eigenvalue weighted by Gasteiger charge is 2.31. The number of pyridine rings is 1. The summed E-state index contributed by atoms with van der Waals surface area (Å²) in [5.74, 6) is 0.459. The predicted molar refractivity (Wildman–Crippen MR) is 80.3 cm³/mol. The van der Waals surface area contributed by atoms with Gasteiger partial charge in [-0.3, -0.25) is 9.48 Å². The molecule has 1 aliphatic heterocycles. The van der Waals surface area contributed by atoms with Gasteiger partial charge in [-0.25, -0.2) is 4.98 Å². The fraction of sp³-hybridized carbons (Fsp3) is 0.400. The lowest BCUT2D eigenvalue weighted by molar-refractivity contribution is -0.138. The highest BCUT2D eigenvalue weighted by atomic mass is 19.4. The lowest BCUT2D eigenvalue weighted by atomic mass is 10.2. The number of alkyl halides is 3. The zero-order valence-corrected chi connectivity index (χ0v) is 12.8. The molecule has 2 aromatic rings. The first-order valence-electron chi connectivity index (χ1n) is 7.47. The Morgan fingerprint density at radius 2 is 1.92 bits per heavy atom. The molecule has 3 heterocycles. The van der Waals surface area contributed by atoms with Crippen LogP contribution in [-0.4, -0.2) is 51.8 Å². The van der Waals surface area contributed by atoms with Gasteiger partial charge in [0.1, 0.15) is 12.4 Å². The first-order chi connectivity index (χ1) is 11.4. The number of aromatic nitrogens is 3. The van der Waals surface area contributed by atoms with Gasteiger partial charge in [0.05, 0.1) is 5.56 Å². The fourth-order valence-corrected chi connectivity index (χ4v) is 2.56. The van der Waals surface area contributed by atoms with Crippen molar-refractivity contribution in [3.8, 4) is 0 Å². The molecule has 1 amide bonds. The first kappa shape index (κ1) is 16.3. The van der Waals surface area contributed by atoms with Crippen LogP contribution in [0.2, 0.25) is 0 Å². The molecule has 0 spiro atoms. The number of anilines is 1. The van der Waals surface area contributed by atoms with Gasteiger partial charge in [0.25, 0.3) is 0 Å². The van der Waals surface area contributed by atoms with E-state index in [9.17, 15) is 18.0 Å². The topological polar surface area (TPSA) is 54.3 Å². The van der Waals surface area contributed by atoms with Crippen LogP contribution in [-0.2, 0) is 17.5 Å². The predicted octanol–water partition coefficient (Wildman–Crippen LogP) is 1.65. The molecule has 0 aliphatic carbocycles. The van der Waals surface area contributed by atoms with Gasteiger partial charge < -0.3 is 9.80 Å². The molecule has 1 fully saturated rings. The summed E-state index contributed by atoms with van der Waals surface area (Å²) in [4.78, 5) is 19.7. The van der Waals surface area contributed by atoms with E-state index in [2.05, 4.69) is 10.1 Å². The van der Waals surface area contributed by atoms with Crippen molar-refractivity contribution in [3.05, 3.63) is 42.4 Å². The second-order valence-corrected chi connectivity index (χ2v) is 5.47. The first-order valence-corrected chi connectivity index (χ1v) is 7.47. The highest BCUT2D eigenvalue weighted by molar-refractivity contribution is 5.76. The van der Waals surface area contributed by atoms with Crippen LogP contribution < -0.4 is 4.90 Å². The Hall–Kier alpha value is -2.58. The van der Waals surface area contributed by atoms with E-state index in [0.717, 1.165) is 12.3 Å². The van der Waals surface area contributed by atoms with Gasteiger partial charge in [0.15, 0.2) is 0 Å². The molecule has 0 aromatic carbocycles. The summed E-state index contributed by atoms with van der Waals surface area (Å²) >= 11 is 0. The third-order valence-corrected chi connectivity index (χ3v) is 3.89. The Labute approximate surface area is 136 Å². The van der Waals surface area contributed by atoms with Crippen LogP contribution in [0.3, 0.4) is 0 Å². The second-order valence-electron chi connectivity index (χ2n) is 5.47. The molecule has 0 saturated carbocycles. The lowest BCUT2D eigenvalue weighted by Gasteiger charge is -2.35. The van der Waals surface area contributed by atoms with Crippen molar-refractivity contribution < 1.29 is 18.0 Å². The normalized spacial score (nSPS) is 15.6. The number of rotatable bonds is 3. The average molecular weight is 339 g/mol. The average Bonchev–Trinajstić information content (AvgIpc) is 3.07. The lowest BCUT2D eigenvalue weighted by Crippen LogP contribution is -2.49. The molecule has 6 nitrogen and oxygen atoms in total. The summed E-state index contributed by atoms with van der Waals surface area (Å²) < 4.78 is 39.2. The number of hydrogen-bond acceptors (Lipinski definition) is 4. The molecule has 1 aliphatic rings. The Morgan fingerprint density at radius 3 is 2.46 bits per heavy atom. The maximum Gasteiger partial charge on any atom is 0.417 e. The summed E-state index contributed by atoms with van der Waals surface area (Å²) in [6.45, 7) is 2.25. The molecule has 128 valence electrons. The van der Waals surface area contributed by atoms with E-state index in [0.29, 0.717) is 32.0 Å². The fourth-order valence-electron chi connectivity index (χ4n) is 2.56. The number of halogens is 3. The Morgan fingerprint density at radius 1 is 1.17 bits per heavy atom. The molecule has 3 rings (SSSR count). The summed E-state index contributed by atoms with van der Waals surface area (Å²) in [7, 11) is 0. The number of piperazine rings is 1. The maximum absolute atomic E-state index is 12.6. The van der Waals surface area contributed by atoms with Gasteiger partial charge in [-0.15, -0.1) is 0 Å². The molecule has 0 atom stereocenters. The van der Waals surface area contributed by atoms with E-state index in [4.69, 9.17) is 0 Å². The molecule has 0 radical (unpaired) electrons. The van der Waals surface area contributed by atoms with E-state index in [1.807, 2.05) is 4.90 Å². The summed E-state index contributed by atoms with van der Waals surface area (Å²) in [6, 6.07) is 4.14. The second kappa shape index (κ2) is 6.50. The Bertz CT molecular complexity index is 676. The van der Waals surface area contributed by atoms with Crippen LogP contribution >= 0.6 is 0 Å². The number of carbonyl (C=O) groups excluding carboxylic acids is 1. The Balaban J connectivity index is 1.56. The SMILES string of the molecule is O=C(Cn1cccn1)N1CCN(c2ccc(C(F)(F)F)cn2)CC1. The molecule has 9 heteroatoms. The monoisotopic (exact) mass is 339 g/mol. The molecular weight excluding hydrogens is 323 g/mol. The van der Waals surface area contributed by atoms with Gasteiger partial charge in [0, 0.05) is 44.8 Å². The van der Waals surface area contributed by atoms with Gasteiger partial charge in [-0.2, -0.15) is 18.3 Å². The van der Waals surface area contributed by atoms with Crippen LogP contribution in [0.4, 0.5) is 19.0 Å². The van der Waals surface area contributed by atoms with Crippen molar-refractivity contribution in [3.63, 3.8) is 0 Å². The van der Waals surface area contributed by atoms with Crippen LogP contribution in [0.1, 0.15) is 5.56 Å². The van der Waals surface area contributed by atoms with Crippen LogP contribution in [0, 0.1) is 0 Å². The number of carbonyl (C=O) groups is 1. The number of amides is 1. The van der Waals surface area contributed by atoms with E-state index < -0.39 is 11.7 Å². The van der Waals surface area contributed by atoms with Crippen LogP contribution in [0.25, 0.3) is 0 Å². The van der Waals surface area contributed by atoms with E-state index in [1.165, 1.54) is 6.07 Å². The van der Waals surface area contributed by atoms with Crippen molar-refractivity contribution >= 4 is 11.7 Å². The molecule has 1 saturated heterocycles. The smallest absolute Gasteiger partial charge is 0.353 e. The van der Waals surface area contributed by atoms with E-state index in [-0.39, 0.29) is 12.5 Å². The maximum atomic E-state index is 12.6. The van der Waals surface area contributed by atoms with Crippen molar-refractivity contribution in [1.82, 2.24) is 19.7 Å².